The van der Waals surface area contributed by atoms with Crippen LogP contribution in [0.3, 0.4) is 0 Å². The second-order valence-corrected chi connectivity index (χ2v) is 8.04. The van der Waals surface area contributed by atoms with Crippen molar-refractivity contribution in [3.8, 4) is 6.07 Å². The predicted octanol–water partition coefficient (Wildman–Crippen LogP) is 2.79. The largest absolute Gasteiger partial charge is 0.368 e. The number of aliphatic imine (C=N–C) groups is 1. The van der Waals surface area contributed by atoms with Crippen molar-refractivity contribution in [1.29, 1.82) is 5.26 Å². The molecule has 3 aliphatic rings. The summed E-state index contributed by atoms with van der Waals surface area (Å²) >= 11 is 6.11. The Balaban J connectivity index is 1.50. The highest BCUT2D eigenvalue weighted by Gasteiger charge is 2.48. The van der Waals surface area contributed by atoms with Crippen molar-refractivity contribution in [3.63, 3.8) is 0 Å². The molecule has 1 unspecified atom stereocenters. The Kier molecular flexibility index (Phi) is 4.96. The number of hydrogen-bond donors (Lipinski definition) is 1. The lowest BCUT2D eigenvalue weighted by molar-refractivity contribution is -0.125. The van der Waals surface area contributed by atoms with E-state index < -0.39 is 11.5 Å². The Bertz CT molecular complexity index is 788. The molecule has 6 nitrogen and oxygen atoms in total. The minimum atomic E-state index is -0.672. The smallest absolute Gasteiger partial charge is 0.246 e. The van der Waals surface area contributed by atoms with Crippen molar-refractivity contribution in [2.24, 2.45) is 10.9 Å². The average molecular weight is 386 g/mol. The van der Waals surface area contributed by atoms with Crippen LogP contribution in [0.15, 0.2) is 29.3 Å². The first kappa shape index (κ1) is 18.1. The third-order valence-electron chi connectivity index (χ3n) is 5.96. The Hall–Kier alpha value is -2.26. The lowest BCUT2D eigenvalue weighted by atomic mass is 9.72. The van der Waals surface area contributed by atoms with E-state index in [0.717, 1.165) is 69.0 Å². The Labute approximate surface area is 164 Å². The number of rotatable bonds is 1. The fourth-order valence-corrected chi connectivity index (χ4v) is 4.66. The number of benzene rings is 1. The summed E-state index contributed by atoms with van der Waals surface area (Å²) in [5, 5.41) is 13.2. The van der Waals surface area contributed by atoms with Gasteiger partial charge in [-0.2, -0.15) is 5.26 Å². The van der Waals surface area contributed by atoms with Gasteiger partial charge in [0, 0.05) is 36.9 Å². The number of hydrogen-bond acceptors (Lipinski definition) is 5. The second kappa shape index (κ2) is 7.40. The zero-order valence-corrected chi connectivity index (χ0v) is 16.1. The summed E-state index contributed by atoms with van der Waals surface area (Å²) < 4.78 is 0. The van der Waals surface area contributed by atoms with Crippen LogP contribution < -0.4 is 10.2 Å². The number of nitrogens with one attached hydrogen (secondary N) is 1. The maximum atomic E-state index is 12.6. The van der Waals surface area contributed by atoms with Gasteiger partial charge in [-0.1, -0.05) is 36.9 Å². The number of piperazine rings is 1. The van der Waals surface area contributed by atoms with Crippen LogP contribution in [0.1, 0.15) is 32.1 Å². The highest BCUT2D eigenvalue weighted by atomic mass is 35.5. The number of amides is 1. The molecule has 2 aliphatic heterocycles. The first-order chi connectivity index (χ1) is 13.1. The maximum Gasteiger partial charge on any atom is 0.246 e. The first-order valence-electron chi connectivity index (χ1n) is 9.67. The summed E-state index contributed by atoms with van der Waals surface area (Å²) in [6.07, 6.45) is 4.87. The van der Waals surface area contributed by atoms with Crippen LogP contribution >= 0.6 is 11.6 Å². The molecule has 1 aliphatic carbocycles. The molecule has 1 N–H and O–H groups in total. The molecule has 1 amide bonds. The molecule has 7 heteroatoms. The van der Waals surface area contributed by atoms with Crippen LogP contribution in [0, 0.1) is 17.2 Å². The van der Waals surface area contributed by atoms with E-state index in [1.165, 1.54) is 0 Å². The van der Waals surface area contributed by atoms with Crippen molar-refractivity contribution in [3.05, 3.63) is 29.3 Å². The molecule has 2 fully saturated rings. The molecular formula is C20H24ClN5O. The van der Waals surface area contributed by atoms with Crippen molar-refractivity contribution < 1.29 is 4.79 Å². The standard InChI is InChI=1S/C20H24ClN5O/c21-15-5-4-6-16(13-15)25-9-11-26(12-10-25)19-23-18(27)17(14-22)20(24-19)7-2-1-3-8-20/h4-6,13,17H,1-3,7-12H2,(H,23,24,27). The molecule has 4 rings (SSSR count). The first-order valence-corrected chi connectivity index (χ1v) is 10.0. The van der Waals surface area contributed by atoms with E-state index in [4.69, 9.17) is 16.6 Å². The normalized spacial score (nSPS) is 25.0. The summed E-state index contributed by atoms with van der Waals surface area (Å²) in [5.41, 5.74) is 0.583. The fraction of sp³-hybridized carbons (Fsp3) is 0.550. The van der Waals surface area contributed by atoms with E-state index in [0.29, 0.717) is 5.96 Å². The van der Waals surface area contributed by atoms with Gasteiger partial charge in [0.1, 0.15) is 0 Å². The Morgan fingerprint density at radius 1 is 1.15 bits per heavy atom. The number of carbonyl (C=O) groups is 1. The molecule has 1 saturated heterocycles. The van der Waals surface area contributed by atoms with E-state index >= 15 is 0 Å². The van der Waals surface area contributed by atoms with Crippen LogP contribution in [0.2, 0.25) is 5.02 Å². The quantitative estimate of drug-likeness (QED) is 0.806. The number of nitriles is 1. The monoisotopic (exact) mass is 385 g/mol. The topological polar surface area (TPSA) is 71.7 Å². The van der Waals surface area contributed by atoms with Gasteiger partial charge in [0.05, 0.1) is 11.6 Å². The lowest BCUT2D eigenvalue weighted by Crippen LogP contribution is -2.60. The molecule has 1 atom stereocenters. The molecule has 27 heavy (non-hydrogen) atoms. The van der Waals surface area contributed by atoms with Crippen molar-refractivity contribution in [2.45, 2.75) is 37.6 Å². The molecule has 142 valence electrons. The minimum absolute atomic E-state index is 0.193. The molecular weight excluding hydrogens is 362 g/mol. The van der Waals surface area contributed by atoms with Gasteiger partial charge in [0.15, 0.2) is 5.92 Å². The molecule has 1 saturated carbocycles. The molecule has 0 aromatic heterocycles. The SMILES string of the molecule is N#CC1C(=O)NC(N2CCN(c3cccc(Cl)c3)CC2)=NC12CCCCC2. The fourth-order valence-electron chi connectivity index (χ4n) is 4.47. The summed E-state index contributed by atoms with van der Waals surface area (Å²) in [6.45, 7) is 3.23. The number of carbonyl (C=O) groups excluding carboxylic acids is 1. The highest BCUT2D eigenvalue weighted by Crippen LogP contribution is 2.40. The van der Waals surface area contributed by atoms with Crippen LogP contribution in [-0.2, 0) is 4.79 Å². The predicted molar refractivity (Wildman–Crippen MR) is 106 cm³/mol. The molecule has 0 bridgehead atoms. The van der Waals surface area contributed by atoms with E-state index in [9.17, 15) is 10.1 Å². The average Bonchev–Trinajstić information content (AvgIpc) is 2.68. The highest BCUT2D eigenvalue weighted by molar-refractivity contribution is 6.30. The van der Waals surface area contributed by atoms with E-state index in [1.54, 1.807) is 0 Å². The number of anilines is 1. The van der Waals surface area contributed by atoms with Gasteiger partial charge in [0.25, 0.3) is 0 Å². The Morgan fingerprint density at radius 2 is 1.85 bits per heavy atom. The second-order valence-electron chi connectivity index (χ2n) is 7.60. The van der Waals surface area contributed by atoms with Gasteiger partial charge in [-0.25, -0.2) is 4.99 Å². The molecule has 1 aromatic rings. The van der Waals surface area contributed by atoms with Gasteiger partial charge in [0.2, 0.25) is 11.9 Å². The number of guanidine groups is 1. The molecule has 0 radical (unpaired) electrons. The van der Waals surface area contributed by atoms with Gasteiger partial charge in [-0.3, -0.25) is 10.1 Å². The number of nitrogens with zero attached hydrogens (tertiary/aromatic N) is 4. The van der Waals surface area contributed by atoms with Crippen LogP contribution in [0.4, 0.5) is 5.69 Å². The molecule has 2 heterocycles. The minimum Gasteiger partial charge on any atom is -0.368 e. The van der Waals surface area contributed by atoms with Gasteiger partial charge in [-0.05, 0) is 31.0 Å². The van der Waals surface area contributed by atoms with Gasteiger partial charge in [-0.15, -0.1) is 0 Å². The van der Waals surface area contributed by atoms with Gasteiger partial charge >= 0.3 is 0 Å². The third-order valence-corrected chi connectivity index (χ3v) is 6.20. The zero-order valence-electron chi connectivity index (χ0n) is 15.3. The maximum absolute atomic E-state index is 12.6. The van der Waals surface area contributed by atoms with Crippen molar-refractivity contribution in [2.75, 3.05) is 31.1 Å². The third kappa shape index (κ3) is 3.49. The van der Waals surface area contributed by atoms with Gasteiger partial charge < -0.3 is 9.80 Å². The summed E-state index contributed by atoms with van der Waals surface area (Å²) in [5.74, 6) is -0.213. The van der Waals surface area contributed by atoms with Crippen LogP contribution in [0.5, 0.6) is 0 Å². The van der Waals surface area contributed by atoms with Crippen molar-refractivity contribution >= 4 is 29.2 Å². The van der Waals surface area contributed by atoms with E-state index in [-0.39, 0.29) is 5.91 Å². The van der Waals surface area contributed by atoms with E-state index in [2.05, 4.69) is 27.3 Å². The van der Waals surface area contributed by atoms with Crippen LogP contribution in [0.25, 0.3) is 0 Å². The lowest BCUT2D eigenvalue weighted by Gasteiger charge is -2.44. The van der Waals surface area contributed by atoms with Crippen molar-refractivity contribution in [1.82, 2.24) is 10.2 Å². The Morgan fingerprint density at radius 3 is 2.52 bits per heavy atom. The molecule has 1 spiro atoms. The summed E-state index contributed by atoms with van der Waals surface area (Å²) in [6, 6.07) is 10.1. The van der Waals surface area contributed by atoms with Crippen LogP contribution in [-0.4, -0.2) is 48.5 Å². The summed E-state index contributed by atoms with van der Waals surface area (Å²) in [4.78, 5) is 22.0. The molecule has 1 aromatic carbocycles. The summed E-state index contributed by atoms with van der Waals surface area (Å²) in [7, 11) is 0. The zero-order chi connectivity index (χ0) is 18.9. The van der Waals surface area contributed by atoms with E-state index in [1.807, 2.05) is 18.2 Å². The number of halogens is 1.